The van der Waals surface area contributed by atoms with E-state index < -0.39 is 17.1 Å². The SMILES string of the molecule is COc1cc([C@H](CC(=O)N2CCOCC2)c2oc(C)cc(=O)c2O)cc2c1OCO2. The van der Waals surface area contributed by atoms with Crippen molar-refractivity contribution in [3.05, 3.63) is 45.5 Å². The largest absolute Gasteiger partial charge is 0.502 e. The smallest absolute Gasteiger partial charge is 0.231 e. The summed E-state index contributed by atoms with van der Waals surface area (Å²) in [6, 6.07) is 4.62. The van der Waals surface area contributed by atoms with Crippen LogP contribution in [0.4, 0.5) is 0 Å². The van der Waals surface area contributed by atoms with Crippen molar-refractivity contribution in [1.82, 2.24) is 4.90 Å². The van der Waals surface area contributed by atoms with Crippen molar-refractivity contribution >= 4 is 5.91 Å². The summed E-state index contributed by atoms with van der Waals surface area (Å²) in [6.45, 7) is 3.58. The highest BCUT2D eigenvalue weighted by Gasteiger charge is 2.31. The van der Waals surface area contributed by atoms with Crippen LogP contribution in [0.1, 0.15) is 29.4 Å². The molecular weight excluding hydrogens is 394 g/mol. The zero-order valence-electron chi connectivity index (χ0n) is 16.8. The van der Waals surface area contributed by atoms with Gasteiger partial charge in [-0.3, -0.25) is 9.59 Å². The summed E-state index contributed by atoms with van der Waals surface area (Å²) in [5, 5.41) is 10.5. The number of carbonyl (C=O) groups is 1. The molecule has 1 aromatic heterocycles. The van der Waals surface area contributed by atoms with Gasteiger partial charge in [-0.05, 0) is 24.6 Å². The van der Waals surface area contributed by atoms with Crippen LogP contribution in [-0.2, 0) is 9.53 Å². The Kier molecular flexibility index (Phi) is 5.54. The molecule has 160 valence electrons. The van der Waals surface area contributed by atoms with E-state index in [0.717, 1.165) is 0 Å². The molecule has 1 aromatic carbocycles. The summed E-state index contributed by atoms with van der Waals surface area (Å²) < 4.78 is 27.4. The highest BCUT2D eigenvalue weighted by atomic mass is 16.7. The number of morpholine rings is 1. The standard InChI is InChI=1S/C21H23NO8/c1-12-7-15(23)19(25)20(30-12)14(10-18(24)22-3-5-27-6-4-22)13-8-16(26-2)21-17(9-13)28-11-29-21/h7-9,14,25H,3-6,10-11H2,1-2H3/t14-/m0/s1. The molecule has 0 spiro atoms. The van der Waals surface area contributed by atoms with Crippen LogP contribution in [0.15, 0.2) is 27.4 Å². The lowest BCUT2D eigenvalue weighted by molar-refractivity contribution is -0.135. The second-order valence-corrected chi connectivity index (χ2v) is 7.14. The highest BCUT2D eigenvalue weighted by Crippen LogP contribution is 2.45. The average molecular weight is 417 g/mol. The number of aromatic hydroxyl groups is 1. The van der Waals surface area contributed by atoms with Crippen molar-refractivity contribution in [1.29, 1.82) is 0 Å². The molecule has 1 saturated heterocycles. The van der Waals surface area contributed by atoms with Gasteiger partial charge in [0.1, 0.15) is 5.76 Å². The first-order valence-electron chi connectivity index (χ1n) is 9.64. The van der Waals surface area contributed by atoms with E-state index in [-0.39, 0.29) is 24.9 Å². The summed E-state index contributed by atoms with van der Waals surface area (Å²) in [6.07, 6.45) is -0.0112. The van der Waals surface area contributed by atoms with E-state index in [9.17, 15) is 14.7 Å². The van der Waals surface area contributed by atoms with Gasteiger partial charge in [0.2, 0.25) is 29.6 Å². The average Bonchev–Trinajstić information content (AvgIpc) is 3.23. The summed E-state index contributed by atoms with van der Waals surface area (Å²) in [5.41, 5.74) is 0.0343. The Morgan fingerprint density at radius 2 is 2.00 bits per heavy atom. The normalized spacial score (nSPS) is 16.4. The minimum Gasteiger partial charge on any atom is -0.502 e. The fourth-order valence-electron chi connectivity index (χ4n) is 3.69. The number of carbonyl (C=O) groups excluding carboxylic acids is 1. The van der Waals surface area contributed by atoms with Gasteiger partial charge in [-0.1, -0.05) is 0 Å². The summed E-state index contributed by atoms with van der Waals surface area (Å²) in [7, 11) is 1.50. The van der Waals surface area contributed by atoms with Crippen LogP contribution in [-0.4, -0.2) is 56.1 Å². The second-order valence-electron chi connectivity index (χ2n) is 7.14. The molecule has 0 saturated carbocycles. The number of benzene rings is 1. The molecule has 3 heterocycles. The molecule has 2 aliphatic heterocycles. The minimum atomic E-state index is -0.726. The topological polar surface area (TPSA) is 108 Å². The molecule has 0 radical (unpaired) electrons. The van der Waals surface area contributed by atoms with E-state index in [1.54, 1.807) is 24.0 Å². The Bertz CT molecular complexity index is 1010. The number of methoxy groups -OCH3 is 1. The van der Waals surface area contributed by atoms with E-state index in [2.05, 4.69) is 0 Å². The van der Waals surface area contributed by atoms with Crippen molar-refractivity contribution in [3.63, 3.8) is 0 Å². The van der Waals surface area contributed by atoms with E-state index in [0.29, 0.717) is 54.9 Å². The third-order valence-electron chi connectivity index (χ3n) is 5.21. The van der Waals surface area contributed by atoms with E-state index in [1.807, 2.05) is 0 Å². The number of amides is 1. The van der Waals surface area contributed by atoms with E-state index in [4.69, 9.17) is 23.4 Å². The first-order chi connectivity index (χ1) is 14.5. The molecule has 0 bridgehead atoms. The predicted octanol–water partition coefficient (Wildman–Crippen LogP) is 1.77. The third-order valence-corrected chi connectivity index (χ3v) is 5.21. The molecule has 1 amide bonds. The van der Waals surface area contributed by atoms with Gasteiger partial charge in [-0.2, -0.15) is 0 Å². The molecule has 30 heavy (non-hydrogen) atoms. The molecule has 0 unspecified atom stereocenters. The van der Waals surface area contributed by atoms with Gasteiger partial charge in [0, 0.05) is 25.6 Å². The monoisotopic (exact) mass is 417 g/mol. The zero-order valence-corrected chi connectivity index (χ0v) is 16.8. The van der Waals surface area contributed by atoms with Gasteiger partial charge < -0.3 is 33.4 Å². The molecule has 0 aliphatic carbocycles. The van der Waals surface area contributed by atoms with Crippen LogP contribution >= 0.6 is 0 Å². The fourth-order valence-corrected chi connectivity index (χ4v) is 3.69. The second kappa shape index (κ2) is 8.27. The van der Waals surface area contributed by atoms with Crippen LogP contribution in [0, 0.1) is 6.92 Å². The van der Waals surface area contributed by atoms with Crippen LogP contribution in [0.3, 0.4) is 0 Å². The highest BCUT2D eigenvalue weighted by molar-refractivity contribution is 5.78. The fraction of sp³-hybridized carbons (Fsp3) is 0.429. The van der Waals surface area contributed by atoms with Crippen molar-refractivity contribution in [3.8, 4) is 23.0 Å². The lowest BCUT2D eigenvalue weighted by atomic mass is 9.91. The summed E-state index contributed by atoms with van der Waals surface area (Å²) in [4.78, 5) is 26.9. The Labute approximate surface area is 172 Å². The number of hydrogen-bond donors (Lipinski definition) is 1. The van der Waals surface area contributed by atoms with E-state index in [1.165, 1.54) is 13.2 Å². The maximum absolute atomic E-state index is 13.0. The van der Waals surface area contributed by atoms with Crippen molar-refractivity contribution in [2.45, 2.75) is 19.3 Å². The van der Waals surface area contributed by atoms with E-state index >= 15 is 0 Å². The molecule has 4 rings (SSSR count). The van der Waals surface area contributed by atoms with Gasteiger partial charge in [0.15, 0.2) is 17.3 Å². The van der Waals surface area contributed by atoms with Gasteiger partial charge in [-0.25, -0.2) is 0 Å². The van der Waals surface area contributed by atoms with Crippen LogP contribution in [0.5, 0.6) is 23.0 Å². The number of aryl methyl sites for hydroxylation is 1. The van der Waals surface area contributed by atoms with Gasteiger partial charge in [-0.15, -0.1) is 0 Å². The van der Waals surface area contributed by atoms with Crippen LogP contribution in [0.25, 0.3) is 0 Å². The first kappa shape index (κ1) is 20.1. The molecule has 1 atom stereocenters. The molecular formula is C21H23NO8. The minimum absolute atomic E-state index is 0.0112. The lowest BCUT2D eigenvalue weighted by Crippen LogP contribution is -2.41. The number of nitrogens with zero attached hydrogens (tertiary/aromatic N) is 1. The number of hydrogen-bond acceptors (Lipinski definition) is 8. The number of rotatable bonds is 5. The lowest BCUT2D eigenvalue weighted by Gasteiger charge is -2.28. The summed E-state index contributed by atoms with van der Waals surface area (Å²) in [5.74, 6) is 0.346. The first-order valence-corrected chi connectivity index (χ1v) is 9.64. The Balaban J connectivity index is 1.78. The Morgan fingerprint density at radius 1 is 1.23 bits per heavy atom. The maximum atomic E-state index is 13.0. The van der Waals surface area contributed by atoms with Crippen molar-refractivity contribution in [2.24, 2.45) is 0 Å². The van der Waals surface area contributed by atoms with Gasteiger partial charge in [0.25, 0.3) is 0 Å². The van der Waals surface area contributed by atoms with Gasteiger partial charge in [0.05, 0.1) is 26.2 Å². The number of ether oxygens (including phenoxy) is 4. The van der Waals surface area contributed by atoms with Crippen molar-refractivity contribution < 1.29 is 33.3 Å². The molecule has 9 heteroatoms. The molecule has 2 aliphatic rings. The molecule has 1 fully saturated rings. The predicted molar refractivity (Wildman–Crippen MR) is 104 cm³/mol. The van der Waals surface area contributed by atoms with Crippen LogP contribution < -0.4 is 19.6 Å². The number of fused-ring (bicyclic) bond motifs is 1. The molecule has 9 nitrogen and oxygen atoms in total. The third kappa shape index (κ3) is 3.80. The quantitative estimate of drug-likeness (QED) is 0.784. The van der Waals surface area contributed by atoms with Crippen LogP contribution in [0.2, 0.25) is 0 Å². The molecule has 1 N–H and O–H groups in total. The Morgan fingerprint density at radius 3 is 2.73 bits per heavy atom. The zero-order chi connectivity index (χ0) is 21.3. The van der Waals surface area contributed by atoms with Gasteiger partial charge >= 0.3 is 0 Å². The summed E-state index contributed by atoms with van der Waals surface area (Å²) >= 11 is 0. The maximum Gasteiger partial charge on any atom is 0.231 e. The van der Waals surface area contributed by atoms with Crippen molar-refractivity contribution in [2.75, 3.05) is 40.2 Å². The molecule has 2 aromatic rings. The Hall–Kier alpha value is -3.20.